The summed E-state index contributed by atoms with van der Waals surface area (Å²) in [5, 5.41) is 50.1. The molecular formula is C13H22N2O7S. The zero-order chi connectivity index (χ0) is 17.5. The van der Waals surface area contributed by atoms with E-state index in [1.807, 2.05) is 0 Å². The van der Waals surface area contributed by atoms with Crippen LogP contribution in [0.25, 0.3) is 0 Å². The van der Waals surface area contributed by atoms with E-state index in [-0.39, 0.29) is 13.2 Å². The van der Waals surface area contributed by atoms with Crippen molar-refractivity contribution in [3.63, 3.8) is 0 Å². The summed E-state index contributed by atoms with van der Waals surface area (Å²) in [6.45, 7) is 3.13. The predicted molar refractivity (Wildman–Crippen MR) is 80.2 cm³/mol. The molecule has 2 fully saturated rings. The third kappa shape index (κ3) is 3.06. The molecule has 0 aliphatic carbocycles. The number of hydrogen-bond donors (Lipinski definition) is 6. The first-order valence-electron chi connectivity index (χ1n) is 7.24. The van der Waals surface area contributed by atoms with Crippen LogP contribution in [-0.4, -0.2) is 96.0 Å². The Hall–Kier alpha value is -0.910. The molecule has 2 aliphatic heterocycles. The summed E-state index contributed by atoms with van der Waals surface area (Å²) in [6.07, 6.45) is -7.02. The molecular weight excluding hydrogens is 328 g/mol. The highest BCUT2D eigenvalue weighted by Crippen LogP contribution is 2.47. The molecule has 2 saturated heterocycles. The molecule has 132 valence electrons. The van der Waals surface area contributed by atoms with Gasteiger partial charge in [-0.2, -0.15) is 0 Å². The zero-order valence-electron chi connectivity index (χ0n) is 12.8. The highest BCUT2D eigenvalue weighted by Gasteiger charge is 2.60. The second-order valence-electron chi connectivity index (χ2n) is 6.19. The molecule has 0 aromatic carbocycles. The topological polar surface area (TPSA) is 151 Å². The van der Waals surface area contributed by atoms with Crippen molar-refractivity contribution in [2.24, 2.45) is 0 Å². The Labute approximate surface area is 137 Å². The van der Waals surface area contributed by atoms with E-state index in [2.05, 4.69) is 5.32 Å². The fourth-order valence-electron chi connectivity index (χ4n) is 2.98. The first kappa shape index (κ1) is 18.4. The van der Waals surface area contributed by atoms with Crippen LogP contribution in [0.1, 0.15) is 13.8 Å². The van der Waals surface area contributed by atoms with Crippen molar-refractivity contribution in [3.8, 4) is 0 Å². The van der Waals surface area contributed by atoms with Gasteiger partial charge in [-0.1, -0.05) is 0 Å². The van der Waals surface area contributed by atoms with E-state index in [9.17, 15) is 30.0 Å². The van der Waals surface area contributed by atoms with E-state index in [1.54, 1.807) is 13.8 Å². The van der Waals surface area contributed by atoms with Crippen molar-refractivity contribution in [2.75, 3.05) is 13.2 Å². The van der Waals surface area contributed by atoms with Gasteiger partial charge in [0.1, 0.15) is 29.7 Å². The fraction of sp³-hybridized carbons (Fsp3) is 0.846. The van der Waals surface area contributed by atoms with Crippen LogP contribution in [0.4, 0.5) is 0 Å². The van der Waals surface area contributed by atoms with Crippen LogP contribution in [0.2, 0.25) is 0 Å². The molecule has 0 aromatic heterocycles. The SMILES string of the molecule is CC1(C)S[C@@H]2[C@H](O)[C@@H](O)[C@H](O)[C@H](O)C(=O)N2[C@@H]1C(=O)NCCO. The zero-order valence-corrected chi connectivity index (χ0v) is 13.6. The van der Waals surface area contributed by atoms with Gasteiger partial charge in [0.2, 0.25) is 5.91 Å². The first-order valence-corrected chi connectivity index (χ1v) is 8.12. The molecule has 6 N–H and O–H groups in total. The van der Waals surface area contributed by atoms with E-state index < -0.39 is 52.4 Å². The average molecular weight is 350 g/mol. The number of thioether (sulfide) groups is 1. The summed E-state index contributed by atoms with van der Waals surface area (Å²) in [5.74, 6) is -1.47. The summed E-state index contributed by atoms with van der Waals surface area (Å²) in [6, 6.07) is -1.03. The quantitative estimate of drug-likeness (QED) is 0.308. The minimum Gasteiger partial charge on any atom is -0.395 e. The van der Waals surface area contributed by atoms with Gasteiger partial charge in [-0.05, 0) is 13.8 Å². The standard InChI is InChI=1S/C13H22N2O7S/c1-13(2)9(10(21)14-3-4-16)15-11(22)7(19)5(17)6(18)8(20)12(15)23-13/h5-9,12,16-20H,3-4H2,1-2H3,(H,14,21)/t5-,6-,7-,8+,9+,12+/m0/s1. The number of carbonyl (C=O) groups excluding carboxylic acids is 2. The third-order valence-corrected chi connectivity index (χ3v) is 5.70. The average Bonchev–Trinajstić information content (AvgIpc) is 2.77. The Morgan fingerprint density at radius 1 is 1.22 bits per heavy atom. The van der Waals surface area contributed by atoms with Crippen LogP contribution >= 0.6 is 11.8 Å². The number of nitrogens with zero attached hydrogens (tertiary/aromatic N) is 1. The molecule has 2 heterocycles. The summed E-state index contributed by atoms with van der Waals surface area (Å²) < 4.78 is -0.803. The molecule has 23 heavy (non-hydrogen) atoms. The van der Waals surface area contributed by atoms with Crippen LogP contribution in [0.3, 0.4) is 0 Å². The second kappa shape index (κ2) is 6.54. The smallest absolute Gasteiger partial charge is 0.255 e. The van der Waals surface area contributed by atoms with Crippen molar-refractivity contribution in [1.29, 1.82) is 0 Å². The number of nitrogens with one attached hydrogen (secondary N) is 1. The molecule has 2 amide bonds. The van der Waals surface area contributed by atoms with Crippen LogP contribution in [0.15, 0.2) is 0 Å². The summed E-state index contributed by atoms with van der Waals surface area (Å²) in [4.78, 5) is 25.9. The Bertz CT molecular complexity index is 489. The third-order valence-electron chi connectivity index (χ3n) is 4.12. The van der Waals surface area contributed by atoms with Gasteiger partial charge in [-0.3, -0.25) is 9.59 Å². The van der Waals surface area contributed by atoms with Crippen molar-refractivity contribution in [1.82, 2.24) is 10.2 Å². The fourth-order valence-corrected chi connectivity index (χ4v) is 4.59. The van der Waals surface area contributed by atoms with Crippen LogP contribution < -0.4 is 5.32 Å². The minimum absolute atomic E-state index is 0.000859. The summed E-state index contributed by atoms with van der Waals surface area (Å²) >= 11 is 1.10. The second-order valence-corrected chi connectivity index (χ2v) is 7.96. The lowest BCUT2D eigenvalue weighted by Gasteiger charge is -2.32. The maximum Gasteiger partial charge on any atom is 0.255 e. The van der Waals surface area contributed by atoms with Gasteiger partial charge in [-0.25, -0.2) is 0 Å². The number of carbonyl (C=O) groups is 2. The van der Waals surface area contributed by atoms with Gasteiger partial charge < -0.3 is 35.7 Å². The normalized spacial score (nSPS) is 39.8. The van der Waals surface area contributed by atoms with E-state index >= 15 is 0 Å². The van der Waals surface area contributed by atoms with Crippen molar-refractivity contribution in [3.05, 3.63) is 0 Å². The van der Waals surface area contributed by atoms with Gasteiger partial charge in [0.15, 0.2) is 6.10 Å². The summed E-state index contributed by atoms with van der Waals surface area (Å²) in [5.41, 5.74) is 0. The van der Waals surface area contributed by atoms with E-state index in [1.165, 1.54) is 0 Å². The first-order chi connectivity index (χ1) is 10.6. The molecule has 0 unspecified atom stereocenters. The van der Waals surface area contributed by atoms with Crippen molar-refractivity contribution >= 4 is 23.6 Å². The number of rotatable bonds is 3. The van der Waals surface area contributed by atoms with Gasteiger partial charge >= 0.3 is 0 Å². The predicted octanol–water partition coefficient (Wildman–Crippen LogP) is -3.40. The number of aliphatic hydroxyl groups is 5. The van der Waals surface area contributed by atoms with Gasteiger partial charge in [-0.15, -0.1) is 11.8 Å². The Balaban J connectivity index is 2.40. The molecule has 0 aromatic rings. The number of aliphatic hydroxyl groups excluding tert-OH is 5. The van der Waals surface area contributed by atoms with Crippen molar-refractivity contribution < 1.29 is 35.1 Å². The molecule has 0 spiro atoms. The largest absolute Gasteiger partial charge is 0.395 e. The molecule has 9 nitrogen and oxygen atoms in total. The van der Waals surface area contributed by atoms with Gasteiger partial charge in [0.25, 0.3) is 5.91 Å². The maximum atomic E-state index is 12.5. The molecule has 2 rings (SSSR count). The molecule has 0 radical (unpaired) electrons. The van der Waals surface area contributed by atoms with Gasteiger partial charge in [0.05, 0.1) is 6.61 Å². The lowest BCUT2D eigenvalue weighted by atomic mass is 10.00. The Morgan fingerprint density at radius 3 is 2.39 bits per heavy atom. The van der Waals surface area contributed by atoms with E-state index in [4.69, 9.17) is 5.11 Å². The van der Waals surface area contributed by atoms with Crippen LogP contribution in [0, 0.1) is 0 Å². The molecule has 0 saturated carbocycles. The van der Waals surface area contributed by atoms with E-state index in [0.717, 1.165) is 16.7 Å². The van der Waals surface area contributed by atoms with E-state index in [0.29, 0.717) is 0 Å². The Morgan fingerprint density at radius 2 is 1.83 bits per heavy atom. The lowest BCUT2D eigenvalue weighted by molar-refractivity contribution is -0.152. The lowest BCUT2D eigenvalue weighted by Crippen LogP contribution is -2.57. The number of amides is 2. The van der Waals surface area contributed by atoms with Crippen LogP contribution in [-0.2, 0) is 9.59 Å². The molecule has 10 heteroatoms. The highest BCUT2D eigenvalue weighted by atomic mass is 32.2. The van der Waals surface area contributed by atoms with Gasteiger partial charge in [0, 0.05) is 11.3 Å². The molecule has 6 atom stereocenters. The number of hydrogen-bond acceptors (Lipinski definition) is 8. The highest BCUT2D eigenvalue weighted by molar-refractivity contribution is 8.01. The molecule has 2 aliphatic rings. The van der Waals surface area contributed by atoms with Crippen LogP contribution in [0.5, 0.6) is 0 Å². The van der Waals surface area contributed by atoms with Crippen molar-refractivity contribution in [2.45, 2.75) is 54.4 Å². The molecule has 0 bridgehead atoms. The summed E-state index contributed by atoms with van der Waals surface area (Å²) in [7, 11) is 0. The maximum absolute atomic E-state index is 12.5. The minimum atomic E-state index is -1.94. The Kier molecular flexibility index (Phi) is 5.24. The number of fused-ring (bicyclic) bond motifs is 1. The monoisotopic (exact) mass is 350 g/mol.